The molecule has 1 atom stereocenters. The molecule has 160 valence electrons. The Kier molecular flexibility index (Phi) is 7.46. The van der Waals surface area contributed by atoms with Crippen LogP contribution in [0.3, 0.4) is 0 Å². The first-order chi connectivity index (χ1) is 14.5. The first-order valence-corrected chi connectivity index (χ1v) is 10.4. The van der Waals surface area contributed by atoms with Crippen LogP contribution in [0, 0.1) is 13.8 Å². The predicted molar refractivity (Wildman–Crippen MR) is 115 cm³/mol. The second-order valence-electron chi connectivity index (χ2n) is 7.40. The molecule has 0 bridgehead atoms. The molecule has 2 heterocycles. The average molecular weight is 411 g/mol. The van der Waals surface area contributed by atoms with Crippen molar-refractivity contribution in [3.8, 4) is 5.75 Å². The topological polar surface area (TPSA) is 66.8 Å². The summed E-state index contributed by atoms with van der Waals surface area (Å²) in [7, 11) is 0. The van der Waals surface area contributed by atoms with Crippen LogP contribution in [0.5, 0.6) is 5.75 Å². The average Bonchev–Trinajstić information content (AvgIpc) is 3.35. The van der Waals surface area contributed by atoms with Gasteiger partial charge in [0.15, 0.2) is 6.61 Å². The van der Waals surface area contributed by atoms with Gasteiger partial charge < -0.3 is 18.8 Å². The molecule has 30 heavy (non-hydrogen) atoms. The zero-order valence-electron chi connectivity index (χ0n) is 17.8. The van der Waals surface area contributed by atoms with E-state index >= 15 is 0 Å². The molecule has 1 aliphatic heterocycles. The number of nitrogens with zero attached hydrogens (tertiary/aromatic N) is 1. The van der Waals surface area contributed by atoms with E-state index in [9.17, 15) is 9.59 Å². The second kappa shape index (κ2) is 10.3. The summed E-state index contributed by atoms with van der Waals surface area (Å²) in [5.74, 6) is 0.0230. The second-order valence-corrected chi connectivity index (χ2v) is 7.40. The van der Waals surface area contributed by atoms with Crippen LogP contribution < -0.4 is 4.74 Å². The minimum Gasteiger partial charge on any atom is -0.494 e. The number of hydrogen-bond donors (Lipinski definition) is 0. The molecule has 1 saturated heterocycles. The normalized spacial score (nSPS) is 16.2. The standard InChI is InChI=1S/C24H29NO5/c1-4-28-20-10-7-19(8-11-20)9-12-24(27)30-16-23(26)22-14-17(2)25(18(22)3)15-21-6-5-13-29-21/h7-12,14,21H,4-6,13,15-16H2,1-3H3/b12-9+. The summed E-state index contributed by atoms with van der Waals surface area (Å²) in [6.07, 6.45) is 5.29. The fraction of sp³-hybridized carbons (Fsp3) is 0.417. The molecule has 0 aliphatic carbocycles. The Hall–Kier alpha value is -2.86. The van der Waals surface area contributed by atoms with E-state index in [0.717, 1.165) is 48.7 Å². The first kappa shape index (κ1) is 21.8. The molecule has 6 heteroatoms. The van der Waals surface area contributed by atoms with Crippen molar-refractivity contribution in [1.29, 1.82) is 0 Å². The SMILES string of the molecule is CCOc1ccc(/C=C/C(=O)OCC(=O)c2cc(C)n(CC3CCCO3)c2C)cc1. The van der Waals surface area contributed by atoms with Crippen molar-refractivity contribution in [1.82, 2.24) is 4.57 Å². The fourth-order valence-electron chi connectivity index (χ4n) is 3.62. The van der Waals surface area contributed by atoms with Gasteiger partial charge in [0.1, 0.15) is 5.75 Å². The van der Waals surface area contributed by atoms with Crippen LogP contribution in [0.4, 0.5) is 0 Å². The number of hydrogen-bond acceptors (Lipinski definition) is 5. The highest BCUT2D eigenvalue weighted by atomic mass is 16.5. The molecule has 1 aliphatic rings. The van der Waals surface area contributed by atoms with E-state index < -0.39 is 5.97 Å². The number of aromatic nitrogens is 1. The van der Waals surface area contributed by atoms with Gasteiger partial charge in [0.2, 0.25) is 5.78 Å². The molecular formula is C24H29NO5. The molecule has 3 rings (SSSR count). The van der Waals surface area contributed by atoms with E-state index in [-0.39, 0.29) is 18.5 Å². The molecule has 0 spiro atoms. The zero-order chi connectivity index (χ0) is 21.5. The molecule has 2 aromatic rings. The summed E-state index contributed by atoms with van der Waals surface area (Å²) < 4.78 is 18.3. The van der Waals surface area contributed by atoms with Gasteiger partial charge >= 0.3 is 5.97 Å². The van der Waals surface area contributed by atoms with E-state index in [1.165, 1.54) is 6.08 Å². The number of carbonyl (C=O) groups excluding carboxylic acids is 2. The molecule has 0 N–H and O–H groups in total. The molecule has 0 saturated carbocycles. The number of rotatable bonds is 9. The van der Waals surface area contributed by atoms with Crippen LogP contribution in [-0.4, -0.2) is 42.2 Å². The lowest BCUT2D eigenvalue weighted by molar-refractivity contribution is -0.136. The van der Waals surface area contributed by atoms with Gasteiger partial charge in [-0.25, -0.2) is 4.79 Å². The Labute approximate surface area is 177 Å². The highest BCUT2D eigenvalue weighted by molar-refractivity contribution is 6.00. The van der Waals surface area contributed by atoms with Crippen molar-refractivity contribution in [2.45, 2.75) is 46.3 Å². The van der Waals surface area contributed by atoms with Crippen LogP contribution in [0.1, 0.15) is 47.1 Å². The van der Waals surface area contributed by atoms with Crippen molar-refractivity contribution >= 4 is 17.8 Å². The summed E-state index contributed by atoms with van der Waals surface area (Å²) >= 11 is 0. The van der Waals surface area contributed by atoms with Gasteiger partial charge in [-0.15, -0.1) is 0 Å². The maximum Gasteiger partial charge on any atom is 0.331 e. The number of benzene rings is 1. The number of Topliss-reactive ketones (excluding diaryl/α,β-unsaturated/α-hetero) is 1. The lowest BCUT2D eigenvalue weighted by Gasteiger charge is -2.14. The van der Waals surface area contributed by atoms with Gasteiger partial charge in [-0.3, -0.25) is 4.79 Å². The summed E-state index contributed by atoms with van der Waals surface area (Å²) in [6, 6.07) is 9.23. The number of carbonyl (C=O) groups is 2. The third kappa shape index (κ3) is 5.60. The van der Waals surface area contributed by atoms with Crippen molar-refractivity contribution in [2.24, 2.45) is 0 Å². The predicted octanol–water partition coefficient (Wildman–Crippen LogP) is 4.12. The Morgan fingerprint density at radius 3 is 2.67 bits per heavy atom. The van der Waals surface area contributed by atoms with Crippen LogP contribution >= 0.6 is 0 Å². The minimum atomic E-state index is -0.551. The smallest absolute Gasteiger partial charge is 0.331 e. The molecular weight excluding hydrogens is 382 g/mol. The van der Waals surface area contributed by atoms with Crippen LogP contribution in [-0.2, 0) is 20.8 Å². The lowest BCUT2D eigenvalue weighted by Crippen LogP contribution is -2.18. The van der Waals surface area contributed by atoms with Crippen molar-refractivity contribution in [2.75, 3.05) is 19.8 Å². The van der Waals surface area contributed by atoms with Gasteiger partial charge in [0, 0.05) is 36.2 Å². The Morgan fingerprint density at radius 1 is 1.23 bits per heavy atom. The van der Waals surface area contributed by atoms with E-state index in [1.807, 2.05) is 51.1 Å². The Bertz CT molecular complexity index is 904. The van der Waals surface area contributed by atoms with E-state index in [0.29, 0.717) is 12.2 Å². The van der Waals surface area contributed by atoms with E-state index in [1.54, 1.807) is 6.08 Å². The quantitative estimate of drug-likeness (QED) is 0.353. The number of aryl methyl sites for hydroxylation is 1. The molecule has 1 aromatic carbocycles. The number of esters is 1. The molecule has 1 unspecified atom stereocenters. The first-order valence-electron chi connectivity index (χ1n) is 10.4. The van der Waals surface area contributed by atoms with Crippen LogP contribution in [0.15, 0.2) is 36.4 Å². The highest BCUT2D eigenvalue weighted by Gasteiger charge is 2.21. The summed E-state index contributed by atoms with van der Waals surface area (Å²) in [6.45, 7) is 7.69. The van der Waals surface area contributed by atoms with Gasteiger partial charge in [-0.05, 0) is 63.5 Å². The monoisotopic (exact) mass is 411 g/mol. The zero-order valence-corrected chi connectivity index (χ0v) is 17.8. The number of ether oxygens (including phenoxy) is 3. The summed E-state index contributed by atoms with van der Waals surface area (Å²) in [4.78, 5) is 24.6. The van der Waals surface area contributed by atoms with Gasteiger partial charge in [0.05, 0.1) is 12.7 Å². The van der Waals surface area contributed by atoms with Crippen molar-refractivity contribution < 1.29 is 23.8 Å². The molecule has 1 fully saturated rings. The fourth-order valence-corrected chi connectivity index (χ4v) is 3.62. The van der Waals surface area contributed by atoms with E-state index in [4.69, 9.17) is 14.2 Å². The van der Waals surface area contributed by atoms with Gasteiger partial charge in [-0.2, -0.15) is 0 Å². The highest BCUT2D eigenvalue weighted by Crippen LogP contribution is 2.21. The summed E-state index contributed by atoms with van der Waals surface area (Å²) in [5, 5.41) is 0. The lowest BCUT2D eigenvalue weighted by atomic mass is 10.1. The maximum atomic E-state index is 12.6. The van der Waals surface area contributed by atoms with Crippen molar-refractivity contribution in [3.63, 3.8) is 0 Å². The van der Waals surface area contributed by atoms with Crippen LogP contribution in [0.25, 0.3) is 6.08 Å². The third-order valence-corrected chi connectivity index (χ3v) is 5.23. The van der Waals surface area contributed by atoms with Crippen LogP contribution in [0.2, 0.25) is 0 Å². The molecule has 6 nitrogen and oxygen atoms in total. The minimum absolute atomic E-state index is 0.198. The largest absolute Gasteiger partial charge is 0.494 e. The molecule has 0 radical (unpaired) electrons. The number of ketones is 1. The molecule has 0 amide bonds. The summed E-state index contributed by atoms with van der Waals surface area (Å²) in [5.41, 5.74) is 3.33. The Balaban J connectivity index is 1.54. The third-order valence-electron chi connectivity index (χ3n) is 5.23. The van der Waals surface area contributed by atoms with Crippen molar-refractivity contribution in [3.05, 3.63) is 58.9 Å². The Morgan fingerprint density at radius 2 is 2.00 bits per heavy atom. The molecule has 1 aromatic heterocycles. The van der Waals surface area contributed by atoms with Gasteiger partial charge in [-0.1, -0.05) is 12.1 Å². The maximum absolute atomic E-state index is 12.6. The van der Waals surface area contributed by atoms with E-state index in [2.05, 4.69) is 4.57 Å². The van der Waals surface area contributed by atoms with Gasteiger partial charge in [0.25, 0.3) is 0 Å².